The van der Waals surface area contributed by atoms with Gasteiger partial charge in [0.15, 0.2) is 5.65 Å². The zero-order valence-corrected chi connectivity index (χ0v) is 16.2. The summed E-state index contributed by atoms with van der Waals surface area (Å²) in [6, 6.07) is 7.37. The Bertz CT molecular complexity index is 1200. The van der Waals surface area contributed by atoms with Gasteiger partial charge in [0, 0.05) is 12.7 Å². The maximum Gasteiger partial charge on any atom is 0.417 e. The standard InChI is InChI=1S/C18H16F3N5O2S/c1-3-26-15-8-13(18(19,20)21)10-23-16(15)24-17(26)11(2)25-29(27,28)14-6-4-12(9-22)5-7-14/h4-8,10-11,25H,3H2,1-2H3/t11-/m1/s1. The molecule has 1 aromatic carbocycles. The molecule has 0 aliphatic carbocycles. The number of aryl methyl sites for hydroxylation is 1. The minimum absolute atomic E-state index is 0.0417. The fourth-order valence-corrected chi connectivity index (χ4v) is 4.10. The second-order valence-corrected chi connectivity index (χ2v) is 7.97. The summed E-state index contributed by atoms with van der Waals surface area (Å²) < 4.78 is 68.2. The lowest BCUT2D eigenvalue weighted by Crippen LogP contribution is -2.28. The third-order valence-corrected chi connectivity index (χ3v) is 5.85. The van der Waals surface area contributed by atoms with Crippen molar-refractivity contribution in [3.05, 3.63) is 53.5 Å². The van der Waals surface area contributed by atoms with Gasteiger partial charge in [-0.05, 0) is 44.2 Å². The molecule has 0 spiro atoms. The van der Waals surface area contributed by atoms with E-state index in [-0.39, 0.29) is 28.4 Å². The number of sulfonamides is 1. The fraction of sp³-hybridized carbons (Fsp3) is 0.278. The first-order valence-electron chi connectivity index (χ1n) is 8.52. The molecule has 0 fully saturated rings. The number of alkyl halides is 3. The van der Waals surface area contributed by atoms with Crippen LogP contribution >= 0.6 is 0 Å². The first kappa shape index (κ1) is 20.8. The third kappa shape index (κ3) is 4.08. The van der Waals surface area contributed by atoms with Gasteiger partial charge in [-0.15, -0.1) is 0 Å². The van der Waals surface area contributed by atoms with Gasteiger partial charge in [0.25, 0.3) is 0 Å². The number of nitrogens with zero attached hydrogens (tertiary/aromatic N) is 4. The number of pyridine rings is 1. The molecule has 2 aromatic heterocycles. The normalized spacial score (nSPS) is 13.4. The molecule has 1 N–H and O–H groups in total. The third-order valence-electron chi connectivity index (χ3n) is 4.29. The Labute approximate surface area is 164 Å². The summed E-state index contributed by atoms with van der Waals surface area (Å²) in [6.07, 6.45) is -3.85. The Hall–Kier alpha value is -2.97. The second-order valence-electron chi connectivity index (χ2n) is 6.26. The number of fused-ring (bicyclic) bond motifs is 1. The molecule has 0 saturated heterocycles. The first-order valence-corrected chi connectivity index (χ1v) is 10.0. The molecule has 3 rings (SSSR count). The SMILES string of the molecule is CCn1c([C@@H](C)NS(=O)(=O)c2ccc(C#N)cc2)nc2ncc(C(F)(F)F)cc21. The van der Waals surface area contributed by atoms with Crippen molar-refractivity contribution in [2.45, 2.75) is 37.5 Å². The Kier molecular flexibility index (Phi) is 5.34. The Morgan fingerprint density at radius 2 is 1.93 bits per heavy atom. The molecular formula is C18H16F3N5O2S. The van der Waals surface area contributed by atoms with Crippen molar-refractivity contribution in [3.8, 4) is 6.07 Å². The molecule has 0 unspecified atom stereocenters. The van der Waals surface area contributed by atoms with Crippen molar-refractivity contribution in [2.24, 2.45) is 0 Å². The maximum atomic E-state index is 13.0. The Balaban J connectivity index is 1.97. The van der Waals surface area contributed by atoms with E-state index in [1.54, 1.807) is 13.8 Å². The van der Waals surface area contributed by atoms with Gasteiger partial charge in [0.2, 0.25) is 10.0 Å². The maximum absolute atomic E-state index is 13.0. The monoisotopic (exact) mass is 423 g/mol. The van der Waals surface area contributed by atoms with Crippen molar-refractivity contribution in [1.29, 1.82) is 5.26 Å². The lowest BCUT2D eigenvalue weighted by molar-refractivity contribution is -0.137. The van der Waals surface area contributed by atoms with Crippen LogP contribution in [0.1, 0.15) is 36.8 Å². The van der Waals surface area contributed by atoms with Crippen LogP contribution in [0.4, 0.5) is 13.2 Å². The molecule has 0 saturated carbocycles. The van der Waals surface area contributed by atoms with Crippen molar-refractivity contribution in [3.63, 3.8) is 0 Å². The van der Waals surface area contributed by atoms with Gasteiger partial charge >= 0.3 is 6.18 Å². The predicted molar refractivity (Wildman–Crippen MR) is 98.1 cm³/mol. The number of rotatable bonds is 5. The van der Waals surface area contributed by atoms with E-state index in [2.05, 4.69) is 14.7 Å². The van der Waals surface area contributed by atoms with E-state index < -0.39 is 27.8 Å². The van der Waals surface area contributed by atoms with Gasteiger partial charge in [0.1, 0.15) is 5.82 Å². The van der Waals surface area contributed by atoms with Crippen LogP contribution in [0.3, 0.4) is 0 Å². The van der Waals surface area contributed by atoms with Crippen LogP contribution in [-0.4, -0.2) is 23.0 Å². The molecule has 2 heterocycles. The van der Waals surface area contributed by atoms with Crippen LogP contribution in [0.25, 0.3) is 11.2 Å². The minimum atomic E-state index is -4.55. The number of imidazole rings is 1. The van der Waals surface area contributed by atoms with Crippen molar-refractivity contribution in [1.82, 2.24) is 19.3 Å². The van der Waals surface area contributed by atoms with E-state index in [9.17, 15) is 21.6 Å². The lowest BCUT2D eigenvalue weighted by Gasteiger charge is -2.15. The van der Waals surface area contributed by atoms with Crippen molar-refractivity contribution >= 4 is 21.2 Å². The zero-order chi connectivity index (χ0) is 21.4. The van der Waals surface area contributed by atoms with Gasteiger partial charge in [0.05, 0.1) is 33.7 Å². The van der Waals surface area contributed by atoms with Crippen LogP contribution in [0.5, 0.6) is 0 Å². The highest BCUT2D eigenvalue weighted by molar-refractivity contribution is 7.89. The second kappa shape index (κ2) is 7.46. The summed E-state index contributed by atoms with van der Waals surface area (Å²) in [5, 5.41) is 8.82. The van der Waals surface area contributed by atoms with Crippen LogP contribution in [0.2, 0.25) is 0 Å². The van der Waals surface area contributed by atoms with Gasteiger partial charge in [-0.25, -0.2) is 23.1 Å². The van der Waals surface area contributed by atoms with Gasteiger partial charge in [-0.1, -0.05) is 0 Å². The number of hydrogen-bond donors (Lipinski definition) is 1. The van der Waals surface area contributed by atoms with Gasteiger partial charge in [-0.3, -0.25) is 0 Å². The summed E-state index contributed by atoms with van der Waals surface area (Å²) in [4.78, 5) is 7.96. The van der Waals surface area contributed by atoms with Crippen LogP contribution in [0, 0.1) is 11.3 Å². The molecular weight excluding hydrogens is 407 g/mol. The largest absolute Gasteiger partial charge is 0.417 e. The van der Waals surface area contributed by atoms with E-state index in [1.807, 2.05) is 6.07 Å². The molecule has 3 aromatic rings. The highest BCUT2D eigenvalue weighted by atomic mass is 32.2. The number of aromatic nitrogens is 3. The summed E-state index contributed by atoms with van der Waals surface area (Å²) in [6.45, 7) is 3.53. The number of nitriles is 1. The average molecular weight is 423 g/mol. The van der Waals surface area contributed by atoms with Crippen LogP contribution < -0.4 is 4.72 Å². The number of halogens is 3. The predicted octanol–water partition coefficient (Wildman–Crippen LogP) is 3.38. The summed E-state index contributed by atoms with van der Waals surface area (Å²) in [5.74, 6) is 0.242. The summed E-state index contributed by atoms with van der Waals surface area (Å²) in [5.41, 5.74) is -0.325. The quantitative estimate of drug-likeness (QED) is 0.678. The first-order chi connectivity index (χ1) is 13.6. The highest BCUT2D eigenvalue weighted by Crippen LogP contribution is 2.31. The van der Waals surface area contributed by atoms with E-state index >= 15 is 0 Å². The number of nitrogens with one attached hydrogen (secondary N) is 1. The molecule has 0 aliphatic rings. The lowest BCUT2D eigenvalue weighted by atomic mass is 10.2. The molecule has 7 nitrogen and oxygen atoms in total. The van der Waals surface area contributed by atoms with Crippen molar-refractivity contribution in [2.75, 3.05) is 0 Å². The molecule has 0 aliphatic heterocycles. The molecule has 29 heavy (non-hydrogen) atoms. The summed E-state index contributed by atoms with van der Waals surface area (Å²) >= 11 is 0. The van der Waals surface area contributed by atoms with Gasteiger partial charge in [-0.2, -0.15) is 18.4 Å². The van der Waals surface area contributed by atoms with Crippen LogP contribution in [-0.2, 0) is 22.7 Å². The zero-order valence-electron chi connectivity index (χ0n) is 15.4. The highest BCUT2D eigenvalue weighted by Gasteiger charge is 2.32. The molecule has 0 amide bonds. The topological polar surface area (TPSA) is 101 Å². The average Bonchev–Trinajstić information content (AvgIpc) is 3.05. The van der Waals surface area contributed by atoms with E-state index in [0.29, 0.717) is 11.8 Å². The summed E-state index contributed by atoms with van der Waals surface area (Å²) in [7, 11) is -3.94. The number of benzene rings is 1. The molecule has 11 heteroatoms. The Morgan fingerprint density at radius 1 is 1.28 bits per heavy atom. The van der Waals surface area contributed by atoms with E-state index in [0.717, 1.165) is 6.07 Å². The van der Waals surface area contributed by atoms with E-state index in [4.69, 9.17) is 5.26 Å². The molecule has 0 bridgehead atoms. The Morgan fingerprint density at radius 3 is 2.48 bits per heavy atom. The number of hydrogen-bond acceptors (Lipinski definition) is 5. The molecule has 1 atom stereocenters. The smallest absolute Gasteiger partial charge is 0.326 e. The van der Waals surface area contributed by atoms with Gasteiger partial charge < -0.3 is 4.57 Å². The van der Waals surface area contributed by atoms with Crippen LogP contribution in [0.15, 0.2) is 41.4 Å². The molecule has 152 valence electrons. The van der Waals surface area contributed by atoms with E-state index in [1.165, 1.54) is 28.8 Å². The minimum Gasteiger partial charge on any atom is -0.326 e. The fourth-order valence-electron chi connectivity index (χ4n) is 2.90. The molecule has 0 radical (unpaired) electrons. The van der Waals surface area contributed by atoms with Crippen molar-refractivity contribution < 1.29 is 21.6 Å².